The molecule has 0 bridgehead atoms. The van der Waals surface area contributed by atoms with E-state index in [1.165, 1.54) is 14.2 Å². The van der Waals surface area contributed by atoms with E-state index in [2.05, 4.69) is 5.32 Å². The summed E-state index contributed by atoms with van der Waals surface area (Å²) in [6.07, 6.45) is 0.288. The van der Waals surface area contributed by atoms with Crippen LogP contribution in [0, 0.1) is 6.92 Å². The average Bonchev–Trinajstić information content (AvgIpc) is 2.68. The highest BCUT2D eigenvalue weighted by atomic mass is 32.2. The third-order valence-electron chi connectivity index (χ3n) is 4.38. The molecule has 1 amide bonds. The monoisotopic (exact) mass is 420 g/mol. The number of benzene rings is 2. The highest BCUT2D eigenvalue weighted by Crippen LogP contribution is 2.22. The van der Waals surface area contributed by atoms with Gasteiger partial charge in [0.15, 0.2) is 6.10 Å². The van der Waals surface area contributed by atoms with Crippen LogP contribution in [0.15, 0.2) is 42.5 Å². The van der Waals surface area contributed by atoms with Gasteiger partial charge in [0.2, 0.25) is 10.0 Å². The minimum absolute atomic E-state index is 0.365. The standard InChI is InChI=1S/C20H24N2O6S/c1-13-17(20(24)27-4)7-6-8-18(13)21-19(23)14(2)28-16-11-9-15(10-12-16)22(3)29(5,25)26/h6-12,14H,1-5H3,(H,21,23). The Bertz CT molecular complexity index is 1000. The van der Waals surface area contributed by atoms with Gasteiger partial charge in [-0.1, -0.05) is 6.07 Å². The molecule has 0 aliphatic heterocycles. The average molecular weight is 420 g/mol. The van der Waals surface area contributed by atoms with Crippen molar-refractivity contribution in [2.75, 3.05) is 30.0 Å². The van der Waals surface area contributed by atoms with Gasteiger partial charge in [-0.15, -0.1) is 0 Å². The van der Waals surface area contributed by atoms with Gasteiger partial charge in [0, 0.05) is 12.7 Å². The van der Waals surface area contributed by atoms with Gasteiger partial charge in [-0.05, 0) is 55.8 Å². The quantitative estimate of drug-likeness (QED) is 0.691. The molecule has 0 spiro atoms. The molecule has 0 saturated heterocycles. The van der Waals surface area contributed by atoms with Crippen molar-refractivity contribution in [3.05, 3.63) is 53.6 Å². The second-order valence-electron chi connectivity index (χ2n) is 6.44. The molecular formula is C20H24N2O6S. The van der Waals surface area contributed by atoms with Crippen molar-refractivity contribution in [1.82, 2.24) is 0 Å². The summed E-state index contributed by atoms with van der Waals surface area (Å²) >= 11 is 0. The third-order valence-corrected chi connectivity index (χ3v) is 5.58. The number of anilines is 2. The van der Waals surface area contributed by atoms with Crippen LogP contribution in [0.25, 0.3) is 0 Å². The normalized spacial score (nSPS) is 12.0. The predicted molar refractivity (Wildman–Crippen MR) is 111 cm³/mol. The number of carbonyl (C=O) groups is 2. The Balaban J connectivity index is 2.07. The number of hydrogen-bond donors (Lipinski definition) is 1. The van der Waals surface area contributed by atoms with Crippen molar-refractivity contribution in [3.8, 4) is 5.75 Å². The van der Waals surface area contributed by atoms with Crippen LogP contribution >= 0.6 is 0 Å². The SMILES string of the molecule is COC(=O)c1cccc(NC(=O)C(C)Oc2ccc(N(C)S(C)(=O)=O)cc2)c1C. The largest absolute Gasteiger partial charge is 0.481 e. The molecule has 0 aliphatic rings. The van der Waals surface area contributed by atoms with E-state index in [0.717, 1.165) is 10.6 Å². The minimum atomic E-state index is -3.36. The van der Waals surface area contributed by atoms with E-state index in [9.17, 15) is 18.0 Å². The number of sulfonamides is 1. The Morgan fingerprint density at radius 1 is 1.10 bits per heavy atom. The molecule has 156 valence electrons. The van der Waals surface area contributed by atoms with Crippen LogP contribution < -0.4 is 14.4 Å². The molecular weight excluding hydrogens is 396 g/mol. The van der Waals surface area contributed by atoms with Crippen molar-refractivity contribution < 1.29 is 27.5 Å². The van der Waals surface area contributed by atoms with E-state index in [0.29, 0.717) is 28.3 Å². The molecule has 0 aliphatic carbocycles. The maximum Gasteiger partial charge on any atom is 0.338 e. The Morgan fingerprint density at radius 2 is 1.72 bits per heavy atom. The van der Waals surface area contributed by atoms with Crippen LogP contribution in [0.3, 0.4) is 0 Å². The summed E-state index contributed by atoms with van der Waals surface area (Å²) in [5.41, 5.74) is 1.92. The number of rotatable bonds is 7. The van der Waals surface area contributed by atoms with E-state index in [-0.39, 0.29) is 0 Å². The molecule has 1 atom stereocenters. The summed E-state index contributed by atoms with van der Waals surface area (Å²) in [6, 6.07) is 11.3. The zero-order valence-corrected chi connectivity index (χ0v) is 17.7. The maximum absolute atomic E-state index is 12.5. The van der Waals surface area contributed by atoms with Gasteiger partial charge in [-0.3, -0.25) is 9.10 Å². The smallest absolute Gasteiger partial charge is 0.338 e. The fraction of sp³-hybridized carbons (Fsp3) is 0.300. The van der Waals surface area contributed by atoms with Crippen LogP contribution in [0.1, 0.15) is 22.8 Å². The number of hydrogen-bond acceptors (Lipinski definition) is 6. The van der Waals surface area contributed by atoms with Gasteiger partial charge >= 0.3 is 5.97 Å². The Labute approximate surface area is 170 Å². The van der Waals surface area contributed by atoms with E-state index >= 15 is 0 Å². The van der Waals surface area contributed by atoms with Gasteiger partial charge in [-0.2, -0.15) is 0 Å². The van der Waals surface area contributed by atoms with Gasteiger partial charge in [0.05, 0.1) is 24.6 Å². The first-order valence-electron chi connectivity index (χ1n) is 8.74. The van der Waals surface area contributed by atoms with E-state index < -0.39 is 28.0 Å². The van der Waals surface area contributed by atoms with Crippen molar-refractivity contribution in [3.63, 3.8) is 0 Å². The van der Waals surface area contributed by atoms with Crippen LogP contribution in [-0.4, -0.2) is 46.8 Å². The zero-order chi connectivity index (χ0) is 21.8. The number of nitrogens with one attached hydrogen (secondary N) is 1. The highest BCUT2D eigenvalue weighted by molar-refractivity contribution is 7.92. The van der Waals surface area contributed by atoms with Crippen molar-refractivity contribution >= 4 is 33.3 Å². The molecule has 1 N–H and O–H groups in total. The lowest BCUT2D eigenvalue weighted by Crippen LogP contribution is -2.30. The first-order valence-corrected chi connectivity index (χ1v) is 10.6. The van der Waals surface area contributed by atoms with Gasteiger partial charge < -0.3 is 14.8 Å². The lowest BCUT2D eigenvalue weighted by molar-refractivity contribution is -0.122. The first kappa shape index (κ1) is 22.2. The molecule has 0 aromatic heterocycles. The Hall–Kier alpha value is -3.07. The van der Waals surface area contributed by atoms with Crippen molar-refractivity contribution in [2.24, 2.45) is 0 Å². The Kier molecular flexibility index (Phi) is 6.86. The molecule has 0 heterocycles. The summed E-state index contributed by atoms with van der Waals surface area (Å²) in [4.78, 5) is 24.3. The summed E-state index contributed by atoms with van der Waals surface area (Å²) < 4.78 is 34.7. The van der Waals surface area contributed by atoms with Crippen molar-refractivity contribution in [2.45, 2.75) is 20.0 Å². The number of ether oxygens (including phenoxy) is 2. The molecule has 1 unspecified atom stereocenters. The molecule has 0 saturated carbocycles. The number of esters is 1. The number of carbonyl (C=O) groups excluding carboxylic acids is 2. The third kappa shape index (κ3) is 5.47. The molecule has 0 fully saturated rings. The molecule has 8 nitrogen and oxygen atoms in total. The summed E-state index contributed by atoms with van der Waals surface area (Å²) in [7, 11) is -0.616. The van der Waals surface area contributed by atoms with Crippen LogP contribution in [0.4, 0.5) is 11.4 Å². The minimum Gasteiger partial charge on any atom is -0.481 e. The molecule has 2 rings (SSSR count). The van der Waals surface area contributed by atoms with Gasteiger partial charge in [-0.25, -0.2) is 13.2 Å². The topological polar surface area (TPSA) is 102 Å². The highest BCUT2D eigenvalue weighted by Gasteiger charge is 2.19. The Morgan fingerprint density at radius 3 is 2.28 bits per heavy atom. The number of methoxy groups -OCH3 is 1. The molecule has 29 heavy (non-hydrogen) atoms. The van der Waals surface area contributed by atoms with Crippen LogP contribution in [0.5, 0.6) is 5.75 Å². The van der Waals surface area contributed by atoms with Crippen LogP contribution in [-0.2, 0) is 19.6 Å². The summed E-state index contributed by atoms with van der Waals surface area (Å²) in [5.74, 6) is -0.465. The summed E-state index contributed by atoms with van der Waals surface area (Å²) in [5, 5.41) is 2.74. The molecule has 9 heteroatoms. The fourth-order valence-corrected chi connectivity index (χ4v) is 3.02. The first-order chi connectivity index (χ1) is 13.5. The van der Waals surface area contributed by atoms with E-state index in [1.807, 2.05) is 0 Å². The predicted octanol–water partition coefficient (Wildman–Crippen LogP) is 2.58. The maximum atomic E-state index is 12.5. The van der Waals surface area contributed by atoms with Crippen molar-refractivity contribution in [1.29, 1.82) is 0 Å². The fourth-order valence-electron chi connectivity index (χ4n) is 2.52. The second-order valence-corrected chi connectivity index (χ2v) is 8.46. The van der Waals surface area contributed by atoms with E-state index in [4.69, 9.17) is 9.47 Å². The zero-order valence-electron chi connectivity index (χ0n) is 16.9. The van der Waals surface area contributed by atoms with E-state index in [1.54, 1.807) is 56.3 Å². The van der Waals surface area contributed by atoms with Gasteiger partial charge in [0.1, 0.15) is 5.75 Å². The molecule has 0 radical (unpaired) electrons. The molecule has 2 aromatic rings. The van der Waals surface area contributed by atoms with Gasteiger partial charge in [0.25, 0.3) is 5.91 Å². The molecule has 2 aromatic carbocycles. The summed E-state index contributed by atoms with van der Waals surface area (Å²) in [6.45, 7) is 3.30. The second kappa shape index (κ2) is 8.95. The lowest BCUT2D eigenvalue weighted by atomic mass is 10.1. The lowest BCUT2D eigenvalue weighted by Gasteiger charge is -2.19. The van der Waals surface area contributed by atoms with Crippen LogP contribution in [0.2, 0.25) is 0 Å². The number of amides is 1. The number of nitrogens with zero attached hydrogens (tertiary/aromatic N) is 1.